The number of ether oxygens (including phenoxy) is 1. The van der Waals surface area contributed by atoms with Crippen LogP contribution in [0, 0.1) is 0 Å². The maximum atomic E-state index is 5.97. The van der Waals surface area contributed by atoms with Gasteiger partial charge in [0.2, 0.25) is 0 Å². The van der Waals surface area contributed by atoms with Crippen LogP contribution in [0.5, 0.6) is 5.75 Å². The van der Waals surface area contributed by atoms with Crippen LogP contribution in [-0.4, -0.2) is 12.1 Å². The summed E-state index contributed by atoms with van der Waals surface area (Å²) in [6.07, 6.45) is 2.18. The first kappa shape index (κ1) is 14.3. The zero-order valence-corrected chi connectivity index (χ0v) is 11.6. The Morgan fingerprint density at radius 3 is 2.12 bits per heavy atom. The van der Waals surface area contributed by atoms with Crippen molar-refractivity contribution in [3.05, 3.63) is 29.8 Å². The lowest BCUT2D eigenvalue weighted by Gasteiger charge is -2.19. The van der Waals surface area contributed by atoms with E-state index in [1.807, 2.05) is 12.1 Å². The number of rotatable bonds is 3. The van der Waals surface area contributed by atoms with E-state index in [4.69, 9.17) is 10.5 Å². The average Bonchev–Trinajstić information content (AvgIpc) is 2.94. The zero-order chi connectivity index (χ0) is 11.8. The van der Waals surface area contributed by atoms with Crippen LogP contribution in [0.25, 0.3) is 0 Å². The van der Waals surface area contributed by atoms with Crippen LogP contribution >= 0.6 is 12.4 Å². The molecule has 17 heavy (non-hydrogen) atoms. The second kappa shape index (κ2) is 4.87. The molecule has 1 aromatic carbocycles. The number of halogens is 1. The lowest BCUT2D eigenvalue weighted by molar-refractivity contribution is 0.279. The fourth-order valence-corrected chi connectivity index (χ4v) is 1.58. The molecule has 96 valence electrons. The van der Waals surface area contributed by atoms with E-state index >= 15 is 0 Å². The van der Waals surface area contributed by atoms with Gasteiger partial charge in [0.1, 0.15) is 12.4 Å². The zero-order valence-electron chi connectivity index (χ0n) is 10.8. The van der Waals surface area contributed by atoms with Gasteiger partial charge in [0.05, 0.1) is 5.54 Å². The van der Waals surface area contributed by atoms with Crippen LogP contribution in [0.3, 0.4) is 0 Å². The maximum Gasteiger partial charge on any atom is 0.119 e. The van der Waals surface area contributed by atoms with E-state index < -0.39 is 0 Å². The highest BCUT2D eigenvalue weighted by molar-refractivity contribution is 5.85. The van der Waals surface area contributed by atoms with Gasteiger partial charge in [-0.1, -0.05) is 32.9 Å². The van der Waals surface area contributed by atoms with Crippen molar-refractivity contribution >= 4 is 12.4 Å². The monoisotopic (exact) mass is 255 g/mol. The fraction of sp³-hybridized carbons (Fsp3) is 0.571. The highest BCUT2D eigenvalue weighted by atomic mass is 35.5. The summed E-state index contributed by atoms with van der Waals surface area (Å²) in [5.41, 5.74) is 7.46. The van der Waals surface area contributed by atoms with Crippen molar-refractivity contribution in [2.75, 3.05) is 6.61 Å². The number of benzene rings is 1. The number of hydrogen-bond donors (Lipinski definition) is 1. The van der Waals surface area contributed by atoms with Crippen molar-refractivity contribution in [2.45, 2.75) is 44.6 Å². The highest BCUT2D eigenvalue weighted by Gasteiger charge is 2.39. The third-order valence-electron chi connectivity index (χ3n) is 3.14. The molecule has 0 aromatic heterocycles. The summed E-state index contributed by atoms with van der Waals surface area (Å²) in [7, 11) is 0. The van der Waals surface area contributed by atoms with Gasteiger partial charge in [0, 0.05) is 0 Å². The predicted octanol–water partition coefficient (Wildman–Crippen LogP) is 3.28. The molecular weight excluding hydrogens is 234 g/mol. The van der Waals surface area contributed by atoms with E-state index in [0.717, 1.165) is 18.6 Å². The molecule has 2 N–H and O–H groups in total. The second-order valence-corrected chi connectivity index (χ2v) is 5.93. The normalized spacial score (nSPS) is 17.2. The van der Waals surface area contributed by atoms with Crippen molar-refractivity contribution in [3.8, 4) is 5.75 Å². The first-order valence-corrected chi connectivity index (χ1v) is 5.91. The summed E-state index contributed by atoms with van der Waals surface area (Å²) < 4.78 is 5.68. The van der Waals surface area contributed by atoms with Gasteiger partial charge in [-0.2, -0.15) is 0 Å². The standard InChI is InChI=1S/C14H21NO.ClH/c1-13(2,3)11-4-6-12(7-5-11)16-10-14(15)8-9-14;/h4-7H,8-10,15H2,1-3H3;1H. The average molecular weight is 256 g/mol. The van der Waals surface area contributed by atoms with E-state index in [9.17, 15) is 0 Å². The molecule has 1 aromatic rings. The van der Waals surface area contributed by atoms with Crippen molar-refractivity contribution in [3.63, 3.8) is 0 Å². The van der Waals surface area contributed by atoms with Crippen LogP contribution in [0.4, 0.5) is 0 Å². The van der Waals surface area contributed by atoms with Crippen LogP contribution in [-0.2, 0) is 5.41 Å². The van der Waals surface area contributed by atoms with E-state index in [1.54, 1.807) is 0 Å². The smallest absolute Gasteiger partial charge is 0.119 e. The highest BCUT2D eigenvalue weighted by Crippen LogP contribution is 2.33. The molecule has 1 aliphatic carbocycles. The van der Waals surface area contributed by atoms with Gasteiger partial charge in [0.25, 0.3) is 0 Å². The van der Waals surface area contributed by atoms with Crippen LogP contribution in [0.2, 0.25) is 0 Å². The van der Waals surface area contributed by atoms with Gasteiger partial charge in [-0.3, -0.25) is 0 Å². The molecule has 0 bridgehead atoms. The predicted molar refractivity (Wildman–Crippen MR) is 74.0 cm³/mol. The quantitative estimate of drug-likeness (QED) is 0.900. The second-order valence-electron chi connectivity index (χ2n) is 5.93. The van der Waals surface area contributed by atoms with Crippen LogP contribution in [0.15, 0.2) is 24.3 Å². The molecule has 0 unspecified atom stereocenters. The Kier molecular flexibility index (Phi) is 4.11. The van der Waals surface area contributed by atoms with Gasteiger partial charge in [-0.15, -0.1) is 12.4 Å². The third-order valence-corrected chi connectivity index (χ3v) is 3.14. The minimum atomic E-state index is -0.0390. The van der Waals surface area contributed by atoms with E-state index in [2.05, 4.69) is 32.9 Å². The minimum absolute atomic E-state index is 0. The van der Waals surface area contributed by atoms with Crippen LogP contribution in [0.1, 0.15) is 39.2 Å². The molecule has 1 saturated carbocycles. The molecule has 3 heteroatoms. The maximum absolute atomic E-state index is 5.97. The molecule has 0 saturated heterocycles. The summed E-state index contributed by atoms with van der Waals surface area (Å²) >= 11 is 0. The molecule has 2 rings (SSSR count). The number of nitrogens with two attached hydrogens (primary N) is 1. The summed E-state index contributed by atoms with van der Waals surface area (Å²) in [4.78, 5) is 0. The molecule has 0 amide bonds. The molecule has 1 aliphatic rings. The Morgan fingerprint density at radius 1 is 1.18 bits per heavy atom. The molecule has 0 radical (unpaired) electrons. The summed E-state index contributed by atoms with van der Waals surface area (Å²) in [5, 5.41) is 0. The first-order chi connectivity index (χ1) is 7.39. The van der Waals surface area contributed by atoms with Crippen molar-refractivity contribution < 1.29 is 4.74 Å². The van der Waals surface area contributed by atoms with Crippen molar-refractivity contribution in [1.29, 1.82) is 0 Å². The van der Waals surface area contributed by atoms with Gasteiger partial charge >= 0.3 is 0 Å². The molecule has 0 spiro atoms. The Bertz CT molecular complexity index is 363. The lowest BCUT2D eigenvalue weighted by Crippen LogP contribution is -2.29. The van der Waals surface area contributed by atoms with Gasteiger partial charge in [-0.25, -0.2) is 0 Å². The van der Waals surface area contributed by atoms with Crippen LogP contribution < -0.4 is 10.5 Å². The summed E-state index contributed by atoms with van der Waals surface area (Å²) in [6.45, 7) is 7.27. The largest absolute Gasteiger partial charge is 0.492 e. The lowest BCUT2D eigenvalue weighted by atomic mass is 9.87. The van der Waals surface area contributed by atoms with Gasteiger partial charge < -0.3 is 10.5 Å². The Balaban J connectivity index is 0.00000144. The molecule has 0 atom stereocenters. The Morgan fingerprint density at radius 2 is 1.71 bits per heavy atom. The molecular formula is C14H22ClNO. The van der Waals surface area contributed by atoms with Gasteiger partial charge in [-0.05, 0) is 36.0 Å². The molecule has 2 nitrogen and oxygen atoms in total. The minimum Gasteiger partial charge on any atom is -0.492 e. The molecule has 1 fully saturated rings. The number of hydrogen-bond acceptors (Lipinski definition) is 2. The SMILES string of the molecule is CC(C)(C)c1ccc(OCC2(N)CC2)cc1.Cl. The summed E-state index contributed by atoms with van der Waals surface area (Å²) in [6, 6.07) is 8.33. The molecule has 0 aliphatic heterocycles. The van der Waals surface area contributed by atoms with E-state index in [1.165, 1.54) is 5.56 Å². The third kappa shape index (κ3) is 3.90. The van der Waals surface area contributed by atoms with E-state index in [-0.39, 0.29) is 23.4 Å². The Hall–Kier alpha value is -0.730. The van der Waals surface area contributed by atoms with Crippen molar-refractivity contribution in [2.24, 2.45) is 5.73 Å². The van der Waals surface area contributed by atoms with E-state index in [0.29, 0.717) is 6.61 Å². The first-order valence-electron chi connectivity index (χ1n) is 5.91. The Labute approximate surface area is 110 Å². The topological polar surface area (TPSA) is 35.2 Å². The van der Waals surface area contributed by atoms with Gasteiger partial charge in [0.15, 0.2) is 0 Å². The molecule has 0 heterocycles. The fourth-order valence-electron chi connectivity index (χ4n) is 1.58. The van der Waals surface area contributed by atoms with Crippen molar-refractivity contribution in [1.82, 2.24) is 0 Å². The summed E-state index contributed by atoms with van der Waals surface area (Å²) in [5.74, 6) is 0.921.